The quantitative estimate of drug-likeness (QED) is 0.149. The Bertz CT molecular complexity index is 9860. The lowest BCUT2D eigenvalue weighted by Crippen LogP contribution is -2.14. The van der Waals surface area contributed by atoms with Gasteiger partial charge in [-0.2, -0.15) is 0 Å². The van der Waals surface area contributed by atoms with Crippen molar-refractivity contribution in [3.8, 4) is 111 Å². The molecule has 0 bridgehead atoms. The highest BCUT2D eigenvalue weighted by molar-refractivity contribution is 7.26. The first-order valence-electron chi connectivity index (χ1n) is 50.4. The van der Waals surface area contributed by atoms with Crippen LogP contribution in [0.25, 0.3) is 272 Å². The second-order valence-corrected chi connectivity index (χ2v) is 42.3. The molecular weight excluding hydrogens is 1760 g/mol. The van der Waals surface area contributed by atoms with Crippen LogP contribution in [0.15, 0.2) is 470 Å². The van der Waals surface area contributed by atoms with Gasteiger partial charge in [-0.05, 0) is 280 Å². The Morgan fingerprint density at radius 1 is 0.160 bits per heavy atom. The maximum atomic E-state index is 6.61. The third kappa shape index (κ3) is 12.4. The minimum absolute atomic E-state index is 0.0902. The summed E-state index contributed by atoms with van der Waals surface area (Å²) in [6, 6.07) is 170. The largest absolute Gasteiger partial charge is 0.455 e. The second kappa shape index (κ2) is 31.8. The molecular formula is C141H94O2S. The van der Waals surface area contributed by atoms with Gasteiger partial charge in [-0.15, -0.1) is 11.3 Å². The number of fused-ring (bicyclic) bond motifs is 27. The molecule has 31 rings (SSSR count). The van der Waals surface area contributed by atoms with Gasteiger partial charge in [0.05, 0.1) is 0 Å². The molecule has 3 aliphatic rings. The van der Waals surface area contributed by atoms with E-state index in [0.29, 0.717) is 0 Å². The van der Waals surface area contributed by atoms with Crippen molar-refractivity contribution in [1.82, 2.24) is 0 Å². The first-order valence-corrected chi connectivity index (χ1v) is 51.2. The van der Waals surface area contributed by atoms with E-state index in [9.17, 15) is 0 Å². The van der Waals surface area contributed by atoms with E-state index in [1.807, 2.05) is 23.5 Å². The average molecular weight is 1850 g/mol. The highest BCUT2D eigenvalue weighted by atomic mass is 32.1. The molecule has 0 saturated carbocycles. The molecule has 0 spiro atoms. The van der Waals surface area contributed by atoms with Crippen molar-refractivity contribution in [3.63, 3.8) is 0 Å². The van der Waals surface area contributed by atoms with Gasteiger partial charge < -0.3 is 8.83 Å². The summed E-state index contributed by atoms with van der Waals surface area (Å²) in [5.74, 6) is 0. The Labute approximate surface area is 838 Å². The zero-order valence-electron chi connectivity index (χ0n) is 80.6. The predicted molar refractivity (Wildman–Crippen MR) is 615 cm³/mol. The molecule has 0 atom stereocenters. The molecule has 0 saturated heterocycles. The molecule has 25 aromatic carbocycles. The molecule has 3 heterocycles. The van der Waals surface area contributed by atoms with Crippen molar-refractivity contribution in [2.75, 3.05) is 0 Å². The van der Waals surface area contributed by atoms with Gasteiger partial charge in [-0.3, -0.25) is 0 Å². The van der Waals surface area contributed by atoms with Gasteiger partial charge in [0.2, 0.25) is 0 Å². The molecule has 0 amide bonds. The van der Waals surface area contributed by atoms with E-state index in [1.54, 1.807) is 0 Å². The van der Waals surface area contributed by atoms with Gasteiger partial charge in [0, 0.05) is 80.2 Å². The van der Waals surface area contributed by atoms with Crippen molar-refractivity contribution >= 4 is 172 Å². The van der Waals surface area contributed by atoms with Gasteiger partial charge in [0.15, 0.2) is 0 Å². The fourth-order valence-corrected chi connectivity index (χ4v) is 27.1. The van der Waals surface area contributed by atoms with Gasteiger partial charge in [0.1, 0.15) is 22.3 Å². The van der Waals surface area contributed by atoms with E-state index in [-0.39, 0.29) is 16.2 Å². The number of thiophene rings is 1. The highest BCUT2D eigenvalue weighted by Gasteiger charge is 2.42. The van der Waals surface area contributed by atoms with Crippen LogP contribution in [-0.2, 0) is 16.2 Å². The van der Waals surface area contributed by atoms with E-state index in [1.165, 1.54) is 245 Å². The van der Waals surface area contributed by atoms with Crippen LogP contribution in [0, 0.1) is 0 Å². The molecule has 3 heteroatoms. The lowest BCUT2D eigenvalue weighted by Gasteiger charge is -2.23. The summed E-state index contributed by atoms with van der Waals surface area (Å²) in [5, 5.41) is 30.2. The fraction of sp³-hybridized carbons (Fsp3) is 0.0638. The van der Waals surface area contributed by atoms with Crippen molar-refractivity contribution in [2.24, 2.45) is 0 Å². The topological polar surface area (TPSA) is 26.3 Å². The van der Waals surface area contributed by atoms with Crippen LogP contribution >= 0.6 is 11.3 Å². The minimum atomic E-state index is -0.112. The Kier molecular flexibility index (Phi) is 18.5. The molecule has 0 N–H and O–H groups in total. The van der Waals surface area contributed by atoms with Crippen molar-refractivity contribution in [2.45, 2.75) is 57.8 Å². The lowest BCUT2D eigenvalue weighted by molar-refractivity contribution is 0.661. The van der Waals surface area contributed by atoms with Gasteiger partial charge in [0.25, 0.3) is 0 Å². The zero-order valence-corrected chi connectivity index (χ0v) is 81.4. The number of furan rings is 2. The molecule has 144 heavy (non-hydrogen) atoms. The standard InChI is InChI=1S/C51H34O.C45H30O.C45H30S/c1-51(2)44-26-13-25-42(49(44)43-29-31-14-3-4-15-32(31)30-45(43)51)48-39-21-7-5-19-37(39)47(38-20-6-8-22-40(38)48)34-17-11-16-33(28-34)35-23-12-24-41-36-18-9-10-27-46(36)52-50(35)41;2*1-45(2)38-23-12-21-35(43(38)37-25-27-13-3-4-14-28(27)26-39(37)45)41-30-16-5-7-18-32(30)42(33-19-8-6-17-31(33)41)36-22-11-20-34-29-15-9-10-24-40(29)46-44(34)36/h3-30H,1-2H3;2*3-26H,1-2H3. The molecule has 3 aromatic heterocycles. The summed E-state index contributed by atoms with van der Waals surface area (Å²) in [5.41, 5.74) is 37.5. The number of para-hydroxylation sites is 4. The molecule has 0 radical (unpaired) electrons. The van der Waals surface area contributed by atoms with Crippen molar-refractivity contribution in [1.29, 1.82) is 0 Å². The van der Waals surface area contributed by atoms with Gasteiger partial charge in [-0.1, -0.05) is 442 Å². The van der Waals surface area contributed by atoms with Crippen LogP contribution < -0.4 is 0 Å². The van der Waals surface area contributed by atoms with Crippen LogP contribution in [0.1, 0.15) is 74.9 Å². The number of benzene rings is 25. The SMILES string of the molecule is CC1(C)c2cc3ccccc3cc2-c2c(-c3c4ccccc4c(-c4cccc(-c5cccc6c5oc5ccccc56)c4)c4ccccc34)cccc21.CC1(C)c2cc3ccccc3cc2-c2c(-c3c4ccccc4c(-c4cccc5c4oc4ccccc45)c4ccccc34)cccc21.CC1(C)c2cc3ccccc3cc2-c2c(-c3c4ccccc4c(-c4cccc5c4sc4ccccc45)c4ccccc34)cccc21. The summed E-state index contributed by atoms with van der Waals surface area (Å²) < 4.78 is 15.8. The molecule has 2 nitrogen and oxygen atoms in total. The maximum absolute atomic E-state index is 6.61. The van der Waals surface area contributed by atoms with E-state index in [0.717, 1.165) is 60.6 Å². The van der Waals surface area contributed by atoms with Crippen LogP contribution in [-0.4, -0.2) is 0 Å². The lowest BCUT2D eigenvalue weighted by atomic mass is 9.80. The van der Waals surface area contributed by atoms with E-state index < -0.39 is 0 Å². The van der Waals surface area contributed by atoms with Gasteiger partial charge >= 0.3 is 0 Å². The second-order valence-electron chi connectivity index (χ2n) is 41.2. The van der Waals surface area contributed by atoms with Crippen molar-refractivity contribution < 1.29 is 8.83 Å². The summed E-state index contributed by atoms with van der Waals surface area (Å²) in [7, 11) is 0. The van der Waals surface area contributed by atoms with E-state index in [4.69, 9.17) is 8.83 Å². The summed E-state index contributed by atoms with van der Waals surface area (Å²) in [6.07, 6.45) is 0. The van der Waals surface area contributed by atoms with E-state index >= 15 is 0 Å². The minimum Gasteiger partial charge on any atom is -0.455 e. The highest BCUT2D eigenvalue weighted by Crippen LogP contribution is 2.62. The summed E-state index contributed by atoms with van der Waals surface area (Å²) in [6.45, 7) is 14.3. The van der Waals surface area contributed by atoms with Crippen LogP contribution in [0.5, 0.6) is 0 Å². The third-order valence-electron chi connectivity index (χ3n) is 32.5. The molecule has 0 unspecified atom stereocenters. The maximum Gasteiger partial charge on any atom is 0.143 e. The van der Waals surface area contributed by atoms with Gasteiger partial charge in [-0.25, -0.2) is 0 Å². The van der Waals surface area contributed by atoms with Crippen LogP contribution in [0.2, 0.25) is 0 Å². The predicted octanol–water partition coefficient (Wildman–Crippen LogP) is 40.2. The monoisotopic (exact) mass is 1850 g/mol. The number of rotatable bonds is 7. The molecule has 0 aliphatic heterocycles. The number of hydrogen-bond acceptors (Lipinski definition) is 3. The molecule has 28 aromatic rings. The fourth-order valence-electron chi connectivity index (χ4n) is 25.9. The third-order valence-corrected chi connectivity index (χ3v) is 33.7. The van der Waals surface area contributed by atoms with Crippen LogP contribution in [0.4, 0.5) is 0 Å². The van der Waals surface area contributed by atoms with Crippen LogP contribution in [0.3, 0.4) is 0 Å². The smallest absolute Gasteiger partial charge is 0.143 e. The average Bonchev–Trinajstić information content (AvgIpc) is 1.11. The first-order chi connectivity index (χ1) is 70.7. The molecule has 676 valence electrons. The Morgan fingerprint density at radius 3 is 0.799 bits per heavy atom. The number of hydrogen-bond donors (Lipinski definition) is 0. The first kappa shape index (κ1) is 83.6. The Hall–Kier alpha value is -17.3. The van der Waals surface area contributed by atoms with Crippen molar-refractivity contribution in [3.05, 3.63) is 494 Å². The summed E-state index contributed by atoms with van der Waals surface area (Å²) in [4.78, 5) is 0. The molecule has 0 fully saturated rings. The Balaban J connectivity index is 0.000000103. The summed E-state index contributed by atoms with van der Waals surface area (Å²) >= 11 is 1.91. The normalized spacial score (nSPS) is 13.5. The molecule has 3 aliphatic carbocycles. The Morgan fingerprint density at radius 2 is 0.417 bits per heavy atom. The zero-order chi connectivity index (χ0) is 95.7. The van der Waals surface area contributed by atoms with E-state index in [2.05, 4.69) is 490 Å².